The number of rotatable bonds is 3. The Morgan fingerprint density at radius 2 is 2.05 bits per heavy atom. The summed E-state index contributed by atoms with van der Waals surface area (Å²) in [7, 11) is 4.24. The summed E-state index contributed by atoms with van der Waals surface area (Å²) in [6, 6.07) is 2.59. The molecule has 1 atom stereocenters. The van der Waals surface area contributed by atoms with Crippen LogP contribution in [0, 0.1) is 0 Å². The van der Waals surface area contributed by atoms with Gasteiger partial charge in [0.05, 0.1) is 17.4 Å². The maximum absolute atomic E-state index is 5.03. The molecule has 0 N–H and O–H groups in total. The summed E-state index contributed by atoms with van der Waals surface area (Å²) in [4.78, 5) is 7.61. The Morgan fingerprint density at radius 3 is 2.82 bits per heavy atom. The van der Waals surface area contributed by atoms with Crippen LogP contribution < -0.4 is 0 Å². The van der Waals surface area contributed by atoms with Crippen molar-refractivity contribution < 1.29 is 0 Å². The third kappa shape index (κ3) is 2.28. The second-order valence-corrected chi connectivity index (χ2v) is 6.70. The molecule has 0 bridgehead atoms. The molecule has 4 rings (SSSR count). The lowest BCUT2D eigenvalue weighted by atomic mass is 10.0. The minimum atomic E-state index is 0.463. The molecule has 1 aliphatic carbocycles. The molecule has 0 aromatic carbocycles. The first-order valence-corrected chi connectivity index (χ1v) is 8.49. The Bertz CT molecular complexity index is 669. The molecule has 0 amide bonds. The Morgan fingerprint density at radius 1 is 1.18 bits per heavy atom. The van der Waals surface area contributed by atoms with Gasteiger partial charge in [-0.3, -0.25) is 9.58 Å². The van der Waals surface area contributed by atoms with E-state index in [1.54, 1.807) is 0 Å². The zero-order chi connectivity index (χ0) is 15.1. The molecular formula is C17H25N5. The molecule has 5 nitrogen and oxygen atoms in total. The lowest BCUT2D eigenvalue weighted by Crippen LogP contribution is -2.26. The maximum atomic E-state index is 5.03. The van der Waals surface area contributed by atoms with Crippen molar-refractivity contribution in [3.8, 4) is 0 Å². The zero-order valence-electron chi connectivity index (χ0n) is 13.6. The molecule has 0 saturated carbocycles. The fourth-order valence-electron chi connectivity index (χ4n) is 4.08. The Kier molecular flexibility index (Phi) is 3.53. The van der Waals surface area contributed by atoms with Gasteiger partial charge in [0, 0.05) is 32.5 Å². The van der Waals surface area contributed by atoms with Gasteiger partial charge in [-0.05, 0) is 51.1 Å². The summed E-state index contributed by atoms with van der Waals surface area (Å²) in [6.07, 6.45) is 9.36. The molecule has 3 heterocycles. The van der Waals surface area contributed by atoms with Crippen molar-refractivity contribution in [2.45, 2.75) is 51.1 Å². The van der Waals surface area contributed by atoms with Crippen LogP contribution in [0.5, 0.6) is 0 Å². The van der Waals surface area contributed by atoms with Gasteiger partial charge in [0.25, 0.3) is 0 Å². The summed E-state index contributed by atoms with van der Waals surface area (Å²) in [5.41, 5.74) is 4.12. The van der Waals surface area contributed by atoms with Gasteiger partial charge >= 0.3 is 0 Å². The van der Waals surface area contributed by atoms with Gasteiger partial charge in [-0.15, -0.1) is 0 Å². The highest BCUT2D eigenvalue weighted by Gasteiger charge is 2.31. The number of fused-ring (bicyclic) bond motifs is 1. The average molecular weight is 299 g/mol. The second-order valence-electron chi connectivity index (χ2n) is 6.70. The van der Waals surface area contributed by atoms with Crippen LogP contribution in [0.15, 0.2) is 12.3 Å². The summed E-state index contributed by atoms with van der Waals surface area (Å²) < 4.78 is 4.37. The van der Waals surface area contributed by atoms with Crippen LogP contribution in [0.3, 0.4) is 0 Å². The fraction of sp³-hybridized carbons (Fsp3) is 0.647. The lowest BCUT2D eigenvalue weighted by molar-refractivity contribution is 0.230. The van der Waals surface area contributed by atoms with E-state index in [0.29, 0.717) is 6.04 Å². The number of imidazole rings is 1. The van der Waals surface area contributed by atoms with Crippen molar-refractivity contribution in [3.05, 3.63) is 35.2 Å². The molecule has 1 aliphatic heterocycles. The van der Waals surface area contributed by atoms with E-state index < -0.39 is 0 Å². The molecule has 0 spiro atoms. The monoisotopic (exact) mass is 299 g/mol. The van der Waals surface area contributed by atoms with Gasteiger partial charge in [-0.1, -0.05) is 0 Å². The standard InChI is InChI=1S/C17H25N5/c1-20-15-7-4-3-6-14(15)19-17(20)16-8-5-11-22(16)12-13-9-10-18-21(13)2/h9-10,16H,3-8,11-12H2,1-2H3/t16-/m1/s1. The van der Waals surface area contributed by atoms with Gasteiger partial charge in [-0.25, -0.2) is 4.98 Å². The highest BCUT2D eigenvalue weighted by Crippen LogP contribution is 2.34. The third-order valence-corrected chi connectivity index (χ3v) is 5.36. The van der Waals surface area contributed by atoms with Crippen molar-refractivity contribution in [1.82, 2.24) is 24.2 Å². The highest BCUT2D eigenvalue weighted by atomic mass is 15.3. The Labute approximate surface area is 131 Å². The zero-order valence-corrected chi connectivity index (χ0v) is 13.6. The van der Waals surface area contributed by atoms with Gasteiger partial charge in [0.15, 0.2) is 0 Å². The van der Waals surface area contributed by atoms with Crippen LogP contribution in [-0.2, 0) is 33.5 Å². The molecule has 0 radical (unpaired) electrons. The molecule has 118 valence electrons. The van der Waals surface area contributed by atoms with Crippen molar-refractivity contribution in [1.29, 1.82) is 0 Å². The smallest absolute Gasteiger partial charge is 0.126 e. The van der Waals surface area contributed by atoms with E-state index in [1.807, 2.05) is 17.9 Å². The highest BCUT2D eigenvalue weighted by molar-refractivity contribution is 5.22. The number of hydrogen-bond donors (Lipinski definition) is 0. The molecule has 2 aromatic rings. The van der Waals surface area contributed by atoms with Gasteiger partial charge in [0.2, 0.25) is 0 Å². The molecular weight excluding hydrogens is 274 g/mol. The Balaban J connectivity index is 1.61. The number of aryl methyl sites for hydroxylation is 2. The normalized spacial score (nSPS) is 22.2. The predicted molar refractivity (Wildman–Crippen MR) is 85.4 cm³/mol. The molecule has 22 heavy (non-hydrogen) atoms. The molecule has 5 heteroatoms. The predicted octanol–water partition coefficient (Wildman–Crippen LogP) is 2.37. The van der Waals surface area contributed by atoms with E-state index in [1.165, 1.54) is 55.0 Å². The van der Waals surface area contributed by atoms with Crippen LogP contribution in [0.25, 0.3) is 0 Å². The number of hydrogen-bond acceptors (Lipinski definition) is 3. The molecule has 2 aromatic heterocycles. The van der Waals surface area contributed by atoms with E-state index >= 15 is 0 Å². The summed E-state index contributed by atoms with van der Waals surface area (Å²) in [5, 5.41) is 4.30. The van der Waals surface area contributed by atoms with E-state index in [0.717, 1.165) is 19.5 Å². The van der Waals surface area contributed by atoms with Crippen LogP contribution >= 0.6 is 0 Å². The fourth-order valence-corrected chi connectivity index (χ4v) is 4.08. The van der Waals surface area contributed by atoms with Gasteiger partial charge in [0.1, 0.15) is 5.82 Å². The quantitative estimate of drug-likeness (QED) is 0.873. The van der Waals surface area contributed by atoms with E-state index in [4.69, 9.17) is 4.98 Å². The van der Waals surface area contributed by atoms with Gasteiger partial charge < -0.3 is 4.57 Å². The SMILES string of the molecule is Cn1nccc1CN1CCC[C@@H]1c1nc2c(n1C)CCCC2. The third-order valence-electron chi connectivity index (χ3n) is 5.36. The van der Waals surface area contributed by atoms with Crippen molar-refractivity contribution in [3.63, 3.8) is 0 Å². The number of likely N-dealkylation sites (tertiary alicyclic amines) is 1. The maximum Gasteiger partial charge on any atom is 0.126 e. The van der Waals surface area contributed by atoms with Crippen LogP contribution in [0.4, 0.5) is 0 Å². The van der Waals surface area contributed by atoms with Crippen molar-refractivity contribution >= 4 is 0 Å². The first-order valence-electron chi connectivity index (χ1n) is 8.49. The van der Waals surface area contributed by atoms with E-state index in [9.17, 15) is 0 Å². The number of aromatic nitrogens is 4. The summed E-state index contributed by atoms with van der Waals surface area (Å²) in [5.74, 6) is 1.28. The minimum absolute atomic E-state index is 0.463. The topological polar surface area (TPSA) is 38.9 Å². The molecule has 2 aliphatic rings. The molecule has 0 unspecified atom stereocenters. The molecule has 1 fully saturated rings. The van der Waals surface area contributed by atoms with Crippen LogP contribution in [-0.4, -0.2) is 30.8 Å². The Hall–Kier alpha value is -1.62. The summed E-state index contributed by atoms with van der Waals surface area (Å²) in [6.45, 7) is 2.13. The second kappa shape index (κ2) is 5.54. The van der Waals surface area contributed by atoms with Crippen molar-refractivity contribution in [2.75, 3.05) is 6.54 Å². The van der Waals surface area contributed by atoms with Crippen molar-refractivity contribution in [2.24, 2.45) is 14.1 Å². The van der Waals surface area contributed by atoms with Crippen LogP contribution in [0.1, 0.15) is 54.6 Å². The van der Waals surface area contributed by atoms with E-state index in [2.05, 4.69) is 27.7 Å². The van der Waals surface area contributed by atoms with Gasteiger partial charge in [-0.2, -0.15) is 5.10 Å². The summed E-state index contributed by atoms with van der Waals surface area (Å²) >= 11 is 0. The van der Waals surface area contributed by atoms with Crippen LogP contribution in [0.2, 0.25) is 0 Å². The minimum Gasteiger partial charge on any atom is -0.334 e. The first-order chi connectivity index (χ1) is 10.7. The lowest BCUT2D eigenvalue weighted by Gasteiger charge is -2.24. The molecule has 1 saturated heterocycles. The first kappa shape index (κ1) is 14.0. The van der Waals surface area contributed by atoms with E-state index in [-0.39, 0.29) is 0 Å². The largest absolute Gasteiger partial charge is 0.334 e. The number of nitrogens with zero attached hydrogens (tertiary/aromatic N) is 5. The average Bonchev–Trinajstić information content (AvgIpc) is 3.21.